The normalized spacial score (nSPS) is 10.7. The van der Waals surface area contributed by atoms with Crippen LogP contribution in [0.25, 0.3) is 11.1 Å². The zero-order valence-electron chi connectivity index (χ0n) is 11.7. The Kier molecular flexibility index (Phi) is 3.64. The van der Waals surface area contributed by atoms with Crippen molar-refractivity contribution < 1.29 is 9.15 Å². The second-order valence-electron chi connectivity index (χ2n) is 4.61. The topological polar surface area (TPSA) is 56.4 Å². The van der Waals surface area contributed by atoms with Gasteiger partial charge in [0.25, 0.3) is 0 Å². The lowest BCUT2D eigenvalue weighted by Gasteiger charge is -2.10. The summed E-state index contributed by atoms with van der Waals surface area (Å²) in [6, 6.07) is 15.1. The Hall–Kier alpha value is -2.69. The van der Waals surface area contributed by atoms with Gasteiger partial charge in [0.2, 0.25) is 0 Å². The summed E-state index contributed by atoms with van der Waals surface area (Å²) >= 11 is 0. The fraction of sp³-hybridized carbons (Fsp3) is 0.188. The Morgan fingerprint density at radius 3 is 2.76 bits per heavy atom. The highest BCUT2D eigenvalue weighted by Crippen LogP contribution is 2.22. The first-order valence-electron chi connectivity index (χ1n) is 6.75. The molecule has 1 heterocycles. The Balaban J connectivity index is 1.75. The monoisotopic (exact) mass is 284 g/mol. The van der Waals surface area contributed by atoms with Gasteiger partial charge in [-0.15, -0.1) is 0 Å². The van der Waals surface area contributed by atoms with Crippen LogP contribution < -0.4 is 15.8 Å². The third-order valence-corrected chi connectivity index (χ3v) is 3.33. The minimum atomic E-state index is -0.335. The zero-order chi connectivity index (χ0) is 14.7. The van der Waals surface area contributed by atoms with Crippen molar-refractivity contribution in [3.05, 3.63) is 59.1 Å². The lowest BCUT2D eigenvalue weighted by molar-refractivity contribution is 0.416. The van der Waals surface area contributed by atoms with E-state index in [1.165, 1.54) is 0 Å². The molecule has 1 aromatic heterocycles. The molecule has 21 heavy (non-hydrogen) atoms. The Morgan fingerprint density at radius 1 is 1.14 bits per heavy atom. The largest absolute Gasteiger partial charge is 0.495 e. The molecule has 5 heteroatoms. The highest BCUT2D eigenvalue weighted by Gasteiger charge is 2.08. The molecule has 0 fully saturated rings. The van der Waals surface area contributed by atoms with Crippen molar-refractivity contribution in [2.24, 2.45) is 0 Å². The second kappa shape index (κ2) is 5.75. The van der Waals surface area contributed by atoms with Crippen LogP contribution in [-0.2, 0) is 6.54 Å². The molecule has 5 nitrogen and oxygen atoms in total. The van der Waals surface area contributed by atoms with E-state index >= 15 is 0 Å². The Morgan fingerprint density at radius 2 is 1.90 bits per heavy atom. The first-order chi connectivity index (χ1) is 10.3. The van der Waals surface area contributed by atoms with Gasteiger partial charge in [-0.05, 0) is 24.3 Å². The summed E-state index contributed by atoms with van der Waals surface area (Å²) in [6.45, 7) is 1.12. The number of oxazole rings is 1. The van der Waals surface area contributed by atoms with E-state index in [0.29, 0.717) is 18.7 Å². The summed E-state index contributed by atoms with van der Waals surface area (Å²) < 4.78 is 12.1. The van der Waals surface area contributed by atoms with Gasteiger partial charge >= 0.3 is 5.76 Å². The van der Waals surface area contributed by atoms with Crippen LogP contribution in [0.4, 0.5) is 5.69 Å². The number of nitrogens with zero attached hydrogens (tertiary/aromatic N) is 1. The van der Waals surface area contributed by atoms with Crippen molar-refractivity contribution in [2.45, 2.75) is 6.54 Å². The van der Waals surface area contributed by atoms with E-state index in [4.69, 9.17) is 9.15 Å². The maximum Gasteiger partial charge on any atom is 0.420 e. The van der Waals surface area contributed by atoms with Gasteiger partial charge < -0.3 is 14.5 Å². The van der Waals surface area contributed by atoms with Crippen LogP contribution in [0.5, 0.6) is 5.75 Å². The van der Waals surface area contributed by atoms with Crippen molar-refractivity contribution in [3.8, 4) is 5.75 Å². The summed E-state index contributed by atoms with van der Waals surface area (Å²) in [5.74, 6) is 0.444. The number of ether oxygens (including phenoxy) is 1. The van der Waals surface area contributed by atoms with E-state index in [-0.39, 0.29) is 5.76 Å². The van der Waals surface area contributed by atoms with Crippen LogP contribution in [0, 0.1) is 0 Å². The number of anilines is 1. The zero-order valence-corrected chi connectivity index (χ0v) is 11.7. The van der Waals surface area contributed by atoms with Crippen molar-refractivity contribution in [2.75, 3.05) is 19.0 Å². The lowest BCUT2D eigenvalue weighted by atomic mass is 10.3. The van der Waals surface area contributed by atoms with Crippen LogP contribution >= 0.6 is 0 Å². The van der Waals surface area contributed by atoms with Gasteiger partial charge in [-0.3, -0.25) is 4.57 Å². The highest BCUT2D eigenvalue weighted by molar-refractivity contribution is 5.72. The number of methoxy groups -OCH3 is 1. The molecule has 108 valence electrons. The average molecular weight is 284 g/mol. The molecule has 0 atom stereocenters. The smallest absolute Gasteiger partial charge is 0.420 e. The van der Waals surface area contributed by atoms with Crippen LogP contribution in [0.15, 0.2) is 57.7 Å². The van der Waals surface area contributed by atoms with Crippen LogP contribution in [-0.4, -0.2) is 18.2 Å². The summed E-state index contributed by atoms with van der Waals surface area (Å²) in [4.78, 5) is 11.8. The molecule has 0 radical (unpaired) electrons. The molecule has 0 saturated carbocycles. The first-order valence-corrected chi connectivity index (χ1v) is 6.75. The van der Waals surface area contributed by atoms with Crippen molar-refractivity contribution >= 4 is 16.8 Å². The maximum absolute atomic E-state index is 11.8. The first kappa shape index (κ1) is 13.3. The van der Waals surface area contributed by atoms with Crippen LogP contribution in [0.2, 0.25) is 0 Å². The number of para-hydroxylation sites is 4. The second-order valence-corrected chi connectivity index (χ2v) is 4.61. The molecule has 0 amide bonds. The number of benzene rings is 2. The van der Waals surface area contributed by atoms with Gasteiger partial charge in [0, 0.05) is 13.1 Å². The van der Waals surface area contributed by atoms with E-state index in [2.05, 4.69) is 5.32 Å². The average Bonchev–Trinajstić information content (AvgIpc) is 2.84. The molecular weight excluding hydrogens is 268 g/mol. The van der Waals surface area contributed by atoms with Crippen molar-refractivity contribution in [1.29, 1.82) is 0 Å². The molecule has 0 aliphatic rings. The number of hydrogen-bond acceptors (Lipinski definition) is 4. The maximum atomic E-state index is 11.8. The molecule has 0 spiro atoms. The third-order valence-electron chi connectivity index (χ3n) is 3.33. The fourth-order valence-electron chi connectivity index (χ4n) is 2.32. The molecule has 0 bridgehead atoms. The van der Waals surface area contributed by atoms with Gasteiger partial charge in [-0.2, -0.15) is 0 Å². The minimum Gasteiger partial charge on any atom is -0.495 e. The molecule has 0 aliphatic heterocycles. The predicted molar refractivity (Wildman–Crippen MR) is 82.0 cm³/mol. The number of aromatic nitrogens is 1. The standard InChI is InChI=1S/C16H16N2O3/c1-20-14-8-4-2-6-12(14)17-10-11-18-13-7-3-5-9-15(13)21-16(18)19/h2-9,17H,10-11H2,1H3. The molecule has 3 rings (SSSR count). The van der Waals surface area contributed by atoms with E-state index in [1.54, 1.807) is 17.7 Å². The van der Waals surface area contributed by atoms with Gasteiger partial charge in [0.15, 0.2) is 5.58 Å². The van der Waals surface area contributed by atoms with E-state index in [0.717, 1.165) is 17.0 Å². The molecule has 2 aromatic carbocycles. The van der Waals surface area contributed by atoms with Gasteiger partial charge in [0.05, 0.1) is 18.3 Å². The number of hydrogen-bond donors (Lipinski definition) is 1. The number of fused-ring (bicyclic) bond motifs is 1. The molecule has 0 unspecified atom stereocenters. The number of nitrogens with one attached hydrogen (secondary N) is 1. The molecule has 0 aliphatic carbocycles. The van der Waals surface area contributed by atoms with Crippen molar-refractivity contribution in [3.63, 3.8) is 0 Å². The van der Waals surface area contributed by atoms with Gasteiger partial charge in [-0.25, -0.2) is 4.79 Å². The van der Waals surface area contributed by atoms with Gasteiger partial charge in [0.1, 0.15) is 5.75 Å². The van der Waals surface area contributed by atoms with E-state index < -0.39 is 0 Å². The van der Waals surface area contributed by atoms with Crippen molar-refractivity contribution in [1.82, 2.24) is 4.57 Å². The lowest BCUT2D eigenvalue weighted by Crippen LogP contribution is -2.19. The Labute approximate surface area is 121 Å². The molecular formula is C16H16N2O3. The van der Waals surface area contributed by atoms with Gasteiger partial charge in [-0.1, -0.05) is 24.3 Å². The molecule has 0 saturated heterocycles. The minimum absolute atomic E-state index is 0.335. The summed E-state index contributed by atoms with van der Waals surface area (Å²) in [6.07, 6.45) is 0. The summed E-state index contributed by atoms with van der Waals surface area (Å²) in [5.41, 5.74) is 2.32. The van der Waals surface area contributed by atoms with Crippen LogP contribution in [0.1, 0.15) is 0 Å². The predicted octanol–water partition coefficient (Wildman–Crippen LogP) is 2.72. The highest BCUT2D eigenvalue weighted by atomic mass is 16.5. The Bertz CT molecular complexity index is 804. The third kappa shape index (κ3) is 2.63. The fourth-order valence-corrected chi connectivity index (χ4v) is 2.32. The number of rotatable bonds is 5. The molecule has 3 aromatic rings. The summed E-state index contributed by atoms with van der Waals surface area (Å²) in [5, 5.41) is 3.27. The quantitative estimate of drug-likeness (QED) is 0.782. The van der Waals surface area contributed by atoms with E-state index in [1.807, 2.05) is 42.5 Å². The van der Waals surface area contributed by atoms with E-state index in [9.17, 15) is 4.79 Å². The van der Waals surface area contributed by atoms with Crippen LogP contribution in [0.3, 0.4) is 0 Å². The molecule has 1 N–H and O–H groups in total. The SMILES string of the molecule is COc1ccccc1NCCn1c(=O)oc2ccccc21. The summed E-state index contributed by atoms with van der Waals surface area (Å²) in [7, 11) is 1.63.